The molecule has 0 unspecified atom stereocenters. The van der Waals surface area contributed by atoms with Gasteiger partial charge in [0.15, 0.2) is 0 Å². The lowest BCUT2D eigenvalue weighted by Crippen LogP contribution is -2.28. The number of nitrogens with zero attached hydrogens (tertiary/aromatic N) is 1. The van der Waals surface area contributed by atoms with E-state index < -0.39 is 5.41 Å². The Balaban J connectivity index is 1.27. The van der Waals surface area contributed by atoms with Crippen molar-refractivity contribution in [2.75, 3.05) is 4.90 Å². The van der Waals surface area contributed by atoms with E-state index in [4.69, 9.17) is 0 Å². The number of fused-ring (bicyclic) bond motifs is 3. The Morgan fingerprint density at radius 1 is 0.333 bits per heavy atom. The SMILES string of the molecule is Bc1ccc(-c2cccc(N(c3ccc(-c4ccccc4)cc3)c3ccc4c(c3)C(c3ccccc3)(c3ccccc3)c3ccccc3-4)c2)cc1. The Hall–Kier alpha value is -6.38. The average molecular weight is 650 g/mol. The van der Waals surface area contributed by atoms with Gasteiger partial charge >= 0.3 is 0 Å². The quantitative estimate of drug-likeness (QED) is 0.155. The number of hydrogen-bond donors (Lipinski definition) is 0. The standard InChI is InChI=1S/C49H36BN/c50-41-27-23-37(24-28-41)38-15-12-20-43(33-38)51(42-29-25-36(26-30-42)35-13-4-1-5-14-35)44-31-32-46-45-21-10-11-22-47(45)49(48(46)34-44,39-16-6-2-7-17-39)40-18-8-3-9-19-40/h1-34H,50H2. The van der Waals surface area contributed by atoms with E-state index in [1.54, 1.807) is 0 Å². The molecule has 0 radical (unpaired) electrons. The Kier molecular flexibility index (Phi) is 7.71. The molecule has 0 saturated heterocycles. The van der Waals surface area contributed by atoms with Crippen molar-refractivity contribution in [2.45, 2.75) is 5.41 Å². The Morgan fingerprint density at radius 2 is 0.824 bits per heavy atom. The fourth-order valence-corrected chi connectivity index (χ4v) is 8.02. The Morgan fingerprint density at radius 3 is 1.51 bits per heavy atom. The van der Waals surface area contributed by atoms with Crippen molar-refractivity contribution in [1.29, 1.82) is 0 Å². The largest absolute Gasteiger partial charge is 0.310 e. The van der Waals surface area contributed by atoms with E-state index in [9.17, 15) is 0 Å². The van der Waals surface area contributed by atoms with Crippen LogP contribution in [0.1, 0.15) is 22.3 Å². The first-order valence-corrected chi connectivity index (χ1v) is 17.7. The summed E-state index contributed by atoms with van der Waals surface area (Å²) in [5.74, 6) is 0. The maximum Gasteiger partial charge on any atom is 0.139 e. The third-order valence-electron chi connectivity index (χ3n) is 10.4. The summed E-state index contributed by atoms with van der Waals surface area (Å²) in [4.78, 5) is 2.41. The molecule has 0 bridgehead atoms. The molecule has 0 atom stereocenters. The van der Waals surface area contributed by atoms with Crippen LogP contribution in [0.3, 0.4) is 0 Å². The molecule has 8 aromatic rings. The van der Waals surface area contributed by atoms with Crippen LogP contribution in [0.15, 0.2) is 206 Å². The van der Waals surface area contributed by atoms with Crippen LogP contribution in [0.4, 0.5) is 17.1 Å². The average Bonchev–Trinajstić information content (AvgIpc) is 3.50. The number of anilines is 3. The Bertz CT molecular complexity index is 2410. The highest BCUT2D eigenvalue weighted by molar-refractivity contribution is 6.32. The van der Waals surface area contributed by atoms with Crippen molar-refractivity contribution in [2.24, 2.45) is 0 Å². The highest BCUT2D eigenvalue weighted by Gasteiger charge is 2.46. The smallest absolute Gasteiger partial charge is 0.139 e. The van der Waals surface area contributed by atoms with Crippen LogP contribution in [0.5, 0.6) is 0 Å². The summed E-state index contributed by atoms with van der Waals surface area (Å²) in [6.07, 6.45) is 0. The van der Waals surface area contributed by atoms with Crippen molar-refractivity contribution < 1.29 is 0 Å². The van der Waals surface area contributed by atoms with Gasteiger partial charge in [-0.25, -0.2) is 0 Å². The van der Waals surface area contributed by atoms with E-state index in [1.807, 2.05) is 0 Å². The van der Waals surface area contributed by atoms with Gasteiger partial charge in [0.25, 0.3) is 0 Å². The van der Waals surface area contributed by atoms with Gasteiger partial charge in [-0.3, -0.25) is 0 Å². The molecule has 0 amide bonds. The van der Waals surface area contributed by atoms with Gasteiger partial charge in [-0.1, -0.05) is 175 Å². The molecule has 240 valence electrons. The van der Waals surface area contributed by atoms with Gasteiger partial charge in [0.05, 0.1) is 5.41 Å². The minimum absolute atomic E-state index is 0.475. The highest BCUT2D eigenvalue weighted by atomic mass is 15.1. The first-order chi connectivity index (χ1) is 25.2. The molecule has 51 heavy (non-hydrogen) atoms. The second-order valence-electron chi connectivity index (χ2n) is 13.4. The van der Waals surface area contributed by atoms with Crippen molar-refractivity contribution in [3.05, 3.63) is 229 Å². The topological polar surface area (TPSA) is 3.24 Å². The molecule has 0 aromatic heterocycles. The molecule has 0 spiro atoms. The summed E-state index contributed by atoms with van der Waals surface area (Å²) in [6.45, 7) is 0. The van der Waals surface area contributed by atoms with Crippen LogP contribution in [-0.2, 0) is 5.41 Å². The van der Waals surface area contributed by atoms with Crippen LogP contribution in [-0.4, -0.2) is 7.85 Å². The van der Waals surface area contributed by atoms with Crippen LogP contribution < -0.4 is 10.4 Å². The van der Waals surface area contributed by atoms with Crippen LogP contribution in [0.25, 0.3) is 33.4 Å². The lowest BCUT2D eigenvalue weighted by molar-refractivity contribution is 0.768. The summed E-state index contributed by atoms with van der Waals surface area (Å²) in [5.41, 5.74) is 16.6. The zero-order chi connectivity index (χ0) is 34.2. The summed E-state index contributed by atoms with van der Waals surface area (Å²) >= 11 is 0. The van der Waals surface area contributed by atoms with Gasteiger partial charge in [-0.15, -0.1) is 0 Å². The minimum atomic E-state index is -0.475. The lowest BCUT2D eigenvalue weighted by Gasteiger charge is -2.35. The van der Waals surface area contributed by atoms with Gasteiger partial charge in [0.1, 0.15) is 7.85 Å². The second kappa shape index (κ2) is 12.8. The third-order valence-corrected chi connectivity index (χ3v) is 10.4. The first-order valence-electron chi connectivity index (χ1n) is 17.7. The predicted octanol–water partition coefficient (Wildman–Crippen LogP) is 11.1. The lowest BCUT2D eigenvalue weighted by atomic mass is 9.67. The molecule has 0 aliphatic heterocycles. The van der Waals surface area contributed by atoms with Gasteiger partial charge < -0.3 is 4.90 Å². The molecule has 9 rings (SSSR count). The van der Waals surface area contributed by atoms with Crippen molar-refractivity contribution in [1.82, 2.24) is 0 Å². The van der Waals surface area contributed by atoms with E-state index in [0.29, 0.717) is 0 Å². The van der Waals surface area contributed by atoms with Crippen molar-refractivity contribution in [3.63, 3.8) is 0 Å². The first kappa shape index (κ1) is 30.7. The molecule has 0 fully saturated rings. The van der Waals surface area contributed by atoms with Crippen LogP contribution in [0, 0.1) is 0 Å². The van der Waals surface area contributed by atoms with Crippen molar-refractivity contribution in [3.8, 4) is 33.4 Å². The van der Waals surface area contributed by atoms with E-state index in [0.717, 1.165) is 17.1 Å². The van der Waals surface area contributed by atoms with Gasteiger partial charge in [0.2, 0.25) is 0 Å². The summed E-state index contributed by atoms with van der Waals surface area (Å²) < 4.78 is 0. The zero-order valence-corrected chi connectivity index (χ0v) is 28.6. The minimum Gasteiger partial charge on any atom is -0.310 e. The normalized spacial score (nSPS) is 12.5. The molecule has 1 nitrogen and oxygen atoms in total. The molecule has 8 aromatic carbocycles. The Labute approximate surface area is 301 Å². The molecule has 0 saturated carbocycles. The van der Waals surface area contributed by atoms with Gasteiger partial charge in [-0.05, 0) is 92.0 Å². The number of benzene rings is 8. The molecule has 0 N–H and O–H groups in total. The highest BCUT2D eigenvalue weighted by Crippen LogP contribution is 2.57. The zero-order valence-electron chi connectivity index (χ0n) is 28.6. The van der Waals surface area contributed by atoms with Gasteiger partial charge in [-0.2, -0.15) is 0 Å². The summed E-state index contributed by atoms with van der Waals surface area (Å²) in [5, 5.41) is 0. The maximum absolute atomic E-state index is 2.44. The number of hydrogen-bond acceptors (Lipinski definition) is 1. The second-order valence-corrected chi connectivity index (χ2v) is 13.4. The van der Waals surface area contributed by atoms with Crippen LogP contribution in [0.2, 0.25) is 0 Å². The number of rotatable bonds is 7. The maximum atomic E-state index is 2.44. The van der Waals surface area contributed by atoms with E-state index in [-0.39, 0.29) is 0 Å². The molecular weight excluding hydrogens is 613 g/mol. The molecule has 2 heteroatoms. The fourth-order valence-electron chi connectivity index (χ4n) is 8.02. The molecule has 1 aliphatic carbocycles. The molecular formula is C49H36BN. The summed E-state index contributed by atoms with van der Waals surface area (Å²) in [6, 6.07) is 75.4. The monoisotopic (exact) mass is 649 g/mol. The fraction of sp³-hybridized carbons (Fsp3) is 0.0204. The van der Waals surface area contributed by atoms with E-state index in [2.05, 4.69) is 219 Å². The molecule has 0 heterocycles. The predicted molar refractivity (Wildman–Crippen MR) is 217 cm³/mol. The molecule has 1 aliphatic rings. The van der Waals surface area contributed by atoms with E-state index >= 15 is 0 Å². The summed E-state index contributed by atoms with van der Waals surface area (Å²) in [7, 11) is 2.14. The van der Waals surface area contributed by atoms with Gasteiger partial charge in [0, 0.05) is 17.1 Å². The third kappa shape index (κ3) is 5.28. The van der Waals surface area contributed by atoms with Crippen LogP contribution >= 0.6 is 0 Å². The van der Waals surface area contributed by atoms with Crippen molar-refractivity contribution >= 4 is 30.4 Å². The van der Waals surface area contributed by atoms with E-state index in [1.165, 1.54) is 61.1 Å².